The van der Waals surface area contributed by atoms with Gasteiger partial charge in [0.2, 0.25) is 0 Å². The quantitative estimate of drug-likeness (QED) is 0.752. The van der Waals surface area contributed by atoms with Crippen molar-refractivity contribution in [2.75, 3.05) is 26.7 Å². The highest BCUT2D eigenvalue weighted by Gasteiger charge is 2.42. The van der Waals surface area contributed by atoms with Gasteiger partial charge in [0.1, 0.15) is 0 Å². The first-order valence-electron chi connectivity index (χ1n) is 9.10. The Labute approximate surface area is 150 Å². The van der Waals surface area contributed by atoms with E-state index < -0.39 is 0 Å². The summed E-state index contributed by atoms with van der Waals surface area (Å²) in [5.74, 6) is -0.0564. The van der Waals surface area contributed by atoms with Gasteiger partial charge >= 0.3 is 5.97 Å². The molecule has 0 saturated carbocycles. The van der Waals surface area contributed by atoms with Crippen LogP contribution in [0.15, 0.2) is 60.7 Å². The molecule has 1 aliphatic rings. The Bertz CT molecular complexity index is 661. The molecule has 132 valence electrons. The molecule has 1 fully saturated rings. The van der Waals surface area contributed by atoms with Crippen LogP contribution in [0.3, 0.4) is 0 Å². The molecule has 1 saturated heterocycles. The second-order valence-electron chi connectivity index (χ2n) is 7.01. The summed E-state index contributed by atoms with van der Waals surface area (Å²) < 4.78 is 5.17. The van der Waals surface area contributed by atoms with Crippen molar-refractivity contribution in [2.24, 2.45) is 5.41 Å². The fraction of sp³-hybridized carbons (Fsp3) is 0.409. The fourth-order valence-electron chi connectivity index (χ4n) is 3.79. The van der Waals surface area contributed by atoms with Crippen molar-refractivity contribution in [2.45, 2.75) is 25.7 Å². The maximum absolute atomic E-state index is 12.5. The number of rotatable bonds is 6. The summed E-state index contributed by atoms with van der Waals surface area (Å²) in [5, 5.41) is 0. The summed E-state index contributed by atoms with van der Waals surface area (Å²) in [7, 11) is 1.51. The zero-order valence-electron chi connectivity index (χ0n) is 15.0. The first-order valence-corrected chi connectivity index (χ1v) is 9.10. The molecule has 3 heteroatoms. The molecule has 2 aromatic carbocycles. The van der Waals surface area contributed by atoms with E-state index >= 15 is 0 Å². The lowest BCUT2D eigenvalue weighted by molar-refractivity contribution is -0.156. The van der Waals surface area contributed by atoms with Crippen molar-refractivity contribution in [3.63, 3.8) is 0 Å². The number of carbonyl (C=O) groups is 1. The van der Waals surface area contributed by atoms with Crippen LogP contribution in [0.4, 0.5) is 0 Å². The molecule has 0 radical (unpaired) electrons. The van der Waals surface area contributed by atoms with Gasteiger partial charge in [-0.3, -0.25) is 4.79 Å². The van der Waals surface area contributed by atoms with Gasteiger partial charge in [-0.2, -0.15) is 0 Å². The van der Waals surface area contributed by atoms with Crippen molar-refractivity contribution in [3.8, 4) is 0 Å². The second kappa shape index (κ2) is 8.30. The van der Waals surface area contributed by atoms with Crippen molar-refractivity contribution in [3.05, 3.63) is 71.8 Å². The molecule has 2 aromatic rings. The Kier molecular flexibility index (Phi) is 5.87. The molecule has 25 heavy (non-hydrogen) atoms. The SMILES string of the molecule is COC(=O)C1(Cc2ccccc2)CCN(CCc2ccccc2)CC1. The molecule has 0 aromatic heterocycles. The van der Waals surface area contributed by atoms with Crippen molar-refractivity contribution in [1.82, 2.24) is 4.90 Å². The van der Waals surface area contributed by atoms with E-state index in [1.807, 2.05) is 18.2 Å². The number of methoxy groups -OCH3 is 1. The van der Waals surface area contributed by atoms with E-state index in [-0.39, 0.29) is 11.4 Å². The number of nitrogens with zero attached hydrogens (tertiary/aromatic N) is 1. The largest absolute Gasteiger partial charge is 0.469 e. The summed E-state index contributed by atoms with van der Waals surface area (Å²) in [6.45, 7) is 2.95. The van der Waals surface area contributed by atoms with E-state index in [0.717, 1.165) is 45.3 Å². The average molecular weight is 337 g/mol. The predicted molar refractivity (Wildman–Crippen MR) is 100 cm³/mol. The normalized spacial score (nSPS) is 17.2. The van der Waals surface area contributed by atoms with Crippen LogP contribution in [-0.4, -0.2) is 37.6 Å². The monoisotopic (exact) mass is 337 g/mol. The lowest BCUT2D eigenvalue weighted by Gasteiger charge is -2.40. The molecule has 0 amide bonds. The molecular weight excluding hydrogens is 310 g/mol. The molecule has 1 heterocycles. The second-order valence-corrected chi connectivity index (χ2v) is 7.01. The van der Waals surface area contributed by atoms with Crippen LogP contribution in [0.5, 0.6) is 0 Å². The minimum atomic E-state index is -0.376. The summed E-state index contributed by atoms with van der Waals surface area (Å²) in [6, 6.07) is 20.9. The van der Waals surface area contributed by atoms with Crippen LogP contribution in [0.25, 0.3) is 0 Å². The molecule has 0 N–H and O–H groups in total. The Hall–Kier alpha value is -2.13. The fourth-order valence-corrected chi connectivity index (χ4v) is 3.79. The predicted octanol–water partition coefficient (Wildman–Crippen LogP) is 3.73. The maximum Gasteiger partial charge on any atom is 0.312 e. The van der Waals surface area contributed by atoms with Gasteiger partial charge in [-0.05, 0) is 49.9 Å². The summed E-state index contributed by atoms with van der Waals surface area (Å²) in [6.07, 6.45) is 3.56. The zero-order chi connectivity index (χ0) is 17.5. The molecule has 3 rings (SSSR count). The minimum Gasteiger partial charge on any atom is -0.469 e. The Morgan fingerprint density at radius 1 is 0.960 bits per heavy atom. The van der Waals surface area contributed by atoms with Crippen LogP contribution in [0.1, 0.15) is 24.0 Å². The first-order chi connectivity index (χ1) is 12.2. The third-order valence-corrected chi connectivity index (χ3v) is 5.38. The van der Waals surface area contributed by atoms with Crippen LogP contribution < -0.4 is 0 Å². The van der Waals surface area contributed by atoms with E-state index in [4.69, 9.17) is 4.74 Å². The molecule has 0 bridgehead atoms. The van der Waals surface area contributed by atoms with Gasteiger partial charge in [0.25, 0.3) is 0 Å². The molecule has 0 unspecified atom stereocenters. The van der Waals surface area contributed by atoms with Crippen LogP contribution in [0.2, 0.25) is 0 Å². The van der Waals surface area contributed by atoms with Gasteiger partial charge in [-0.25, -0.2) is 0 Å². The lowest BCUT2D eigenvalue weighted by Crippen LogP contribution is -2.46. The summed E-state index contributed by atoms with van der Waals surface area (Å²) in [4.78, 5) is 15.0. The molecule has 0 atom stereocenters. The van der Waals surface area contributed by atoms with Crippen molar-refractivity contribution < 1.29 is 9.53 Å². The number of likely N-dealkylation sites (tertiary alicyclic amines) is 1. The minimum absolute atomic E-state index is 0.0564. The standard InChI is InChI=1S/C22H27NO2/c1-25-21(24)22(18-20-10-6-3-7-11-20)13-16-23(17-14-22)15-12-19-8-4-2-5-9-19/h2-11H,12-18H2,1H3. The van der Waals surface area contributed by atoms with Crippen LogP contribution in [-0.2, 0) is 22.4 Å². The Balaban J connectivity index is 1.60. The number of piperidine rings is 1. The zero-order valence-corrected chi connectivity index (χ0v) is 15.0. The van der Waals surface area contributed by atoms with Crippen LogP contribution in [0, 0.1) is 5.41 Å². The number of ether oxygens (including phenoxy) is 1. The van der Waals surface area contributed by atoms with Gasteiger partial charge in [0, 0.05) is 6.54 Å². The van der Waals surface area contributed by atoms with Crippen molar-refractivity contribution >= 4 is 5.97 Å². The van der Waals surface area contributed by atoms with Gasteiger partial charge in [0.15, 0.2) is 0 Å². The third kappa shape index (κ3) is 4.49. The van der Waals surface area contributed by atoms with E-state index in [1.54, 1.807) is 0 Å². The molecule has 1 aliphatic heterocycles. The highest BCUT2D eigenvalue weighted by atomic mass is 16.5. The number of hydrogen-bond donors (Lipinski definition) is 0. The third-order valence-electron chi connectivity index (χ3n) is 5.38. The summed E-state index contributed by atoms with van der Waals surface area (Å²) >= 11 is 0. The van der Waals surface area contributed by atoms with Gasteiger partial charge in [0.05, 0.1) is 12.5 Å². The smallest absolute Gasteiger partial charge is 0.312 e. The van der Waals surface area contributed by atoms with E-state index in [0.29, 0.717) is 0 Å². The number of carbonyl (C=O) groups excluding carboxylic acids is 1. The Morgan fingerprint density at radius 3 is 2.08 bits per heavy atom. The first kappa shape index (κ1) is 17.7. The molecule has 0 aliphatic carbocycles. The number of esters is 1. The van der Waals surface area contributed by atoms with Gasteiger partial charge < -0.3 is 9.64 Å². The lowest BCUT2D eigenvalue weighted by atomic mass is 9.73. The van der Waals surface area contributed by atoms with E-state index in [9.17, 15) is 4.79 Å². The summed E-state index contributed by atoms with van der Waals surface area (Å²) in [5.41, 5.74) is 2.21. The van der Waals surface area contributed by atoms with Crippen LogP contribution >= 0.6 is 0 Å². The number of hydrogen-bond acceptors (Lipinski definition) is 3. The molecular formula is C22H27NO2. The van der Waals surface area contributed by atoms with E-state index in [2.05, 4.69) is 47.4 Å². The van der Waals surface area contributed by atoms with Gasteiger partial charge in [-0.15, -0.1) is 0 Å². The topological polar surface area (TPSA) is 29.5 Å². The van der Waals surface area contributed by atoms with Crippen molar-refractivity contribution in [1.29, 1.82) is 0 Å². The van der Waals surface area contributed by atoms with E-state index in [1.165, 1.54) is 18.2 Å². The number of benzene rings is 2. The highest BCUT2D eigenvalue weighted by molar-refractivity contribution is 5.77. The Morgan fingerprint density at radius 2 is 1.52 bits per heavy atom. The molecule has 0 spiro atoms. The van der Waals surface area contributed by atoms with Gasteiger partial charge in [-0.1, -0.05) is 60.7 Å². The highest BCUT2D eigenvalue weighted by Crippen LogP contribution is 2.36. The maximum atomic E-state index is 12.5. The average Bonchev–Trinajstić information content (AvgIpc) is 2.68. The molecule has 3 nitrogen and oxygen atoms in total.